The predicted octanol–water partition coefficient (Wildman–Crippen LogP) is 4.11. The summed E-state index contributed by atoms with van der Waals surface area (Å²) in [5.41, 5.74) is 2.93. The molecule has 0 aromatic heterocycles. The van der Waals surface area contributed by atoms with E-state index in [9.17, 15) is 4.79 Å². The average molecular weight is 313 g/mol. The van der Waals surface area contributed by atoms with Gasteiger partial charge in [-0.05, 0) is 61.7 Å². The van der Waals surface area contributed by atoms with Crippen LogP contribution in [0, 0.1) is 13.8 Å². The van der Waals surface area contributed by atoms with Crippen molar-refractivity contribution < 1.29 is 14.3 Å². The molecular weight excluding hydrogens is 290 g/mol. The van der Waals surface area contributed by atoms with Crippen LogP contribution < -0.4 is 14.8 Å². The molecule has 2 rings (SSSR count). The third-order valence-electron chi connectivity index (χ3n) is 3.84. The number of carbonyl (C=O) groups excluding carboxylic acids is 1. The fraction of sp³-hybridized carbons (Fsp3) is 0.316. The molecule has 0 aliphatic carbocycles. The molecule has 0 aliphatic rings. The highest BCUT2D eigenvalue weighted by Crippen LogP contribution is 2.23. The first kappa shape index (κ1) is 16.9. The lowest BCUT2D eigenvalue weighted by Crippen LogP contribution is -2.32. The zero-order valence-corrected chi connectivity index (χ0v) is 14.1. The number of anilines is 1. The minimum absolute atomic E-state index is 0.154. The van der Waals surface area contributed by atoms with Crippen LogP contribution in [-0.2, 0) is 4.79 Å². The van der Waals surface area contributed by atoms with Crippen LogP contribution in [0.4, 0.5) is 5.69 Å². The molecule has 0 aliphatic heterocycles. The minimum Gasteiger partial charge on any atom is -0.497 e. The topological polar surface area (TPSA) is 47.6 Å². The molecule has 0 heterocycles. The highest BCUT2D eigenvalue weighted by Gasteiger charge is 2.19. The van der Waals surface area contributed by atoms with Gasteiger partial charge < -0.3 is 14.8 Å². The van der Waals surface area contributed by atoms with E-state index in [4.69, 9.17) is 9.47 Å². The van der Waals surface area contributed by atoms with Gasteiger partial charge in [-0.1, -0.05) is 19.1 Å². The smallest absolute Gasteiger partial charge is 0.265 e. The van der Waals surface area contributed by atoms with Gasteiger partial charge in [0.2, 0.25) is 0 Å². The second kappa shape index (κ2) is 7.68. The summed E-state index contributed by atoms with van der Waals surface area (Å²) in [6.45, 7) is 5.96. The summed E-state index contributed by atoms with van der Waals surface area (Å²) in [5, 5.41) is 2.88. The number of methoxy groups -OCH3 is 1. The summed E-state index contributed by atoms with van der Waals surface area (Å²) in [6, 6.07) is 13.1. The van der Waals surface area contributed by atoms with Crippen LogP contribution in [0.1, 0.15) is 24.5 Å². The van der Waals surface area contributed by atoms with Crippen molar-refractivity contribution in [2.45, 2.75) is 33.3 Å². The van der Waals surface area contributed by atoms with Crippen LogP contribution in [0.2, 0.25) is 0 Å². The van der Waals surface area contributed by atoms with Gasteiger partial charge in [0.25, 0.3) is 5.91 Å². The van der Waals surface area contributed by atoms with Crippen molar-refractivity contribution in [3.05, 3.63) is 53.6 Å². The number of amides is 1. The molecule has 122 valence electrons. The van der Waals surface area contributed by atoms with Gasteiger partial charge in [0.05, 0.1) is 7.11 Å². The van der Waals surface area contributed by atoms with E-state index in [1.165, 1.54) is 0 Å². The van der Waals surface area contributed by atoms with Crippen molar-refractivity contribution >= 4 is 11.6 Å². The molecule has 0 spiro atoms. The number of hydrogen-bond donors (Lipinski definition) is 1. The van der Waals surface area contributed by atoms with Gasteiger partial charge >= 0.3 is 0 Å². The Labute approximate surface area is 137 Å². The second-order valence-electron chi connectivity index (χ2n) is 5.43. The first-order valence-electron chi connectivity index (χ1n) is 7.73. The third kappa shape index (κ3) is 4.25. The predicted molar refractivity (Wildman–Crippen MR) is 92.2 cm³/mol. The Kier molecular flexibility index (Phi) is 5.63. The van der Waals surface area contributed by atoms with Crippen molar-refractivity contribution in [1.29, 1.82) is 0 Å². The number of benzene rings is 2. The normalized spacial score (nSPS) is 11.7. The monoisotopic (exact) mass is 313 g/mol. The van der Waals surface area contributed by atoms with Crippen LogP contribution in [0.25, 0.3) is 0 Å². The molecule has 0 radical (unpaired) electrons. The summed E-state index contributed by atoms with van der Waals surface area (Å²) in [6.07, 6.45) is 0.0626. The highest BCUT2D eigenvalue weighted by molar-refractivity contribution is 5.94. The average Bonchev–Trinajstić information content (AvgIpc) is 2.56. The Bertz CT molecular complexity index is 665. The van der Waals surface area contributed by atoms with Crippen molar-refractivity contribution in [2.24, 2.45) is 0 Å². The SMILES string of the molecule is CCC(Oc1cccc(C)c1C)C(=O)Nc1ccc(OC)cc1. The molecule has 2 aromatic carbocycles. The summed E-state index contributed by atoms with van der Waals surface area (Å²) >= 11 is 0. The number of ether oxygens (including phenoxy) is 2. The van der Waals surface area contributed by atoms with Crippen molar-refractivity contribution in [2.75, 3.05) is 12.4 Å². The largest absolute Gasteiger partial charge is 0.497 e. The molecule has 0 saturated carbocycles. The van der Waals surface area contributed by atoms with Crippen LogP contribution in [-0.4, -0.2) is 19.1 Å². The van der Waals surface area contributed by atoms with Gasteiger partial charge in [0.15, 0.2) is 6.10 Å². The second-order valence-corrected chi connectivity index (χ2v) is 5.43. The van der Waals surface area contributed by atoms with Crippen molar-refractivity contribution in [3.8, 4) is 11.5 Å². The highest BCUT2D eigenvalue weighted by atomic mass is 16.5. The van der Waals surface area contributed by atoms with Gasteiger partial charge in [-0.2, -0.15) is 0 Å². The summed E-state index contributed by atoms with van der Waals surface area (Å²) < 4.78 is 11.0. The zero-order valence-electron chi connectivity index (χ0n) is 14.1. The molecule has 0 fully saturated rings. The molecule has 1 N–H and O–H groups in total. The Hall–Kier alpha value is -2.49. The van der Waals surface area contributed by atoms with Gasteiger partial charge in [0.1, 0.15) is 11.5 Å². The summed E-state index contributed by atoms with van der Waals surface area (Å²) in [5.74, 6) is 1.35. The number of aryl methyl sites for hydroxylation is 1. The molecule has 1 amide bonds. The Morgan fingerprint density at radius 1 is 1.13 bits per heavy atom. The first-order chi connectivity index (χ1) is 11.0. The first-order valence-corrected chi connectivity index (χ1v) is 7.73. The van der Waals surface area contributed by atoms with E-state index >= 15 is 0 Å². The van der Waals surface area contributed by atoms with Crippen LogP contribution in [0.5, 0.6) is 11.5 Å². The Balaban J connectivity index is 2.07. The fourth-order valence-corrected chi connectivity index (χ4v) is 2.22. The van der Waals surface area contributed by atoms with E-state index in [2.05, 4.69) is 5.32 Å². The summed E-state index contributed by atoms with van der Waals surface area (Å²) in [4.78, 5) is 12.4. The van der Waals surface area contributed by atoms with Gasteiger partial charge in [0, 0.05) is 5.69 Å². The van der Waals surface area contributed by atoms with E-state index in [1.807, 2.05) is 51.1 Å². The van der Waals surface area contributed by atoms with E-state index in [-0.39, 0.29) is 5.91 Å². The molecule has 23 heavy (non-hydrogen) atoms. The maximum atomic E-state index is 12.4. The fourth-order valence-electron chi connectivity index (χ4n) is 2.22. The number of hydrogen-bond acceptors (Lipinski definition) is 3. The van der Waals surface area contributed by atoms with Crippen LogP contribution in [0.3, 0.4) is 0 Å². The molecular formula is C19H23NO3. The third-order valence-corrected chi connectivity index (χ3v) is 3.84. The standard InChI is InChI=1S/C19H23NO3/c1-5-17(23-18-8-6-7-13(2)14(18)3)19(21)20-15-9-11-16(22-4)12-10-15/h6-12,17H,5H2,1-4H3,(H,20,21). The van der Waals surface area contributed by atoms with Crippen molar-refractivity contribution in [3.63, 3.8) is 0 Å². The van der Waals surface area contributed by atoms with Gasteiger partial charge in [-0.15, -0.1) is 0 Å². The maximum Gasteiger partial charge on any atom is 0.265 e. The summed E-state index contributed by atoms with van der Waals surface area (Å²) in [7, 11) is 1.61. The van der Waals surface area contributed by atoms with Crippen molar-refractivity contribution in [1.82, 2.24) is 0 Å². The molecule has 4 nitrogen and oxygen atoms in total. The van der Waals surface area contributed by atoms with E-state index < -0.39 is 6.10 Å². The lowest BCUT2D eigenvalue weighted by molar-refractivity contribution is -0.122. The maximum absolute atomic E-state index is 12.4. The molecule has 2 aromatic rings. The van der Waals surface area contributed by atoms with Gasteiger partial charge in [-0.3, -0.25) is 4.79 Å². The van der Waals surface area contributed by atoms with Crippen LogP contribution in [0.15, 0.2) is 42.5 Å². The number of nitrogens with one attached hydrogen (secondary N) is 1. The van der Waals surface area contributed by atoms with E-state index in [1.54, 1.807) is 19.2 Å². The molecule has 1 atom stereocenters. The molecule has 0 saturated heterocycles. The van der Waals surface area contributed by atoms with Gasteiger partial charge in [-0.25, -0.2) is 0 Å². The lowest BCUT2D eigenvalue weighted by Gasteiger charge is -2.19. The minimum atomic E-state index is -0.530. The van der Waals surface area contributed by atoms with Crippen LogP contribution >= 0.6 is 0 Å². The Morgan fingerprint density at radius 2 is 1.83 bits per heavy atom. The molecule has 4 heteroatoms. The number of rotatable bonds is 6. The van der Waals surface area contributed by atoms with E-state index in [0.717, 1.165) is 28.3 Å². The zero-order chi connectivity index (χ0) is 16.8. The van der Waals surface area contributed by atoms with E-state index in [0.29, 0.717) is 6.42 Å². The molecule has 0 bridgehead atoms. The number of carbonyl (C=O) groups is 1. The molecule has 1 unspecified atom stereocenters. The Morgan fingerprint density at radius 3 is 2.43 bits per heavy atom. The quantitative estimate of drug-likeness (QED) is 0.873. The lowest BCUT2D eigenvalue weighted by atomic mass is 10.1.